The summed E-state index contributed by atoms with van der Waals surface area (Å²) >= 11 is 0. The second kappa shape index (κ2) is 3.65. The van der Waals surface area contributed by atoms with Crippen LogP contribution in [-0.4, -0.2) is 15.3 Å². The SMILES string of the molecule is CC(O)c1cc2c(O)c3ccccc3c(O)c2o1. The predicted octanol–water partition coefficient (Wildman–Crippen LogP) is 3.05. The van der Waals surface area contributed by atoms with Crippen LogP contribution in [0.15, 0.2) is 34.7 Å². The Kier molecular flexibility index (Phi) is 2.21. The molecule has 1 heterocycles. The van der Waals surface area contributed by atoms with Crippen molar-refractivity contribution in [2.24, 2.45) is 0 Å². The Morgan fingerprint density at radius 3 is 2.22 bits per heavy atom. The highest BCUT2D eigenvalue weighted by Gasteiger charge is 2.18. The fourth-order valence-electron chi connectivity index (χ4n) is 2.13. The van der Waals surface area contributed by atoms with Gasteiger partial charge in [0, 0.05) is 10.8 Å². The maximum absolute atomic E-state index is 10.2. The zero-order chi connectivity index (χ0) is 12.9. The van der Waals surface area contributed by atoms with Crippen molar-refractivity contribution in [3.8, 4) is 11.5 Å². The minimum Gasteiger partial charge on any atom is -0.507 e. The number of fused-ring (bicyclic) bond motifs is 2. The summed E-state index contributed by atoms with van der Waals surface area (Å²) in [5, 5.41) is 31.3. The van der Waals surface area contributed by atoms with Crippen LogP contribution in [0.5, 0.6) is 11.5 Å². The Morgan fingerprint density at radius 2 is 1.61 bits per heavy atom. The minimum absolute atomic E-state index is 0.0229. The third kappa shape index (κ3) is 1.36. The van der Waals surface area contributed by atoms with Crippen LogP contribution in [0.1, 0.15) is 18.8 Å². The van der Waals surface area contributed by atoms with Crippen molar-refractivity contribution in [2.45, 2.75) is 13.0 Å². The van der Waals surface area contributed by atoms with Crippen molar-refractivity contribution < 1.29 is 19.7 Å². The first-order valence-corrected chi connectivity index (χ1v) is 5.63. The maximum Gasteiger partial charge on any atom is 0.180 e. The molecule has 3 N–H and O–H groups in total. The molecule has 0 aliphatic rings. The molecule has 1 atom stereocenters. The summed E-state index contributed by atoms with van der Waals surface area (Å²) in [5.41, 5.74) is 0.196. The third-order valence-corrected chi connectivity index (χ3v) is 3.07. The first-order chi connectivity index (χ1) is 8.59. The van der Waals surface area contributed by atoms with Gasteiger partial charge in [-0.2, -0.15) is 0 Å². The van der Waals surface area contributed by atoms with Gasteiger partial charge >= 0.3 is 0 Å². The van der Waals surface area contributed by atoms with E-state index >= 15 is 0 Å². The maximum atomic E-state index is 10.2. The van der Waals surface area contributed by atoms with Crippen LogP contribution in [0.2, 0.25) is 0 Å². The number of phenolic OH excluding ortho intramolecular Hbond substituents is 2. The highest BCUT2D eigenvalue weighted by Crippen LogP contribution is 2.43. The summed E-state index contributed by atoms with van der Waals surface area (Å²) in [6.45, 7) is 1.56. The van der Waals surface area contributed by atoms with Gasteiger partial charge in [0.05, 0.1) is 5.39 Å². The van der Waals surface area contributed by atoms with Crippen molar-refractivity contribution in [3.05, 3.63) is 36.1 Å². The number of phenols is 2. The fourth-order valence-corrected chi connectivity index (χ4v) is 2.13. The molecule has 3 rings (SSSR count). The topological polar surface area (TPSA) is 73.8 Å². The van der Waals surface area contributed by atoms with Gasteiger partial charge < -0.3 is 19.7 Å². The van der Waals surface area contributed by atoms with E-state index in [1.807, 2.05) is 0 Å². The second-order valence-corrected chi connectivity index (χ2v) is 4.31. The fraction of sp³-hybridized carbons (Fsp3) is 0.143. The molecule has 0 saturated carbocycles. The van der Waals surface area contributed by atoms with Crippen LogP contribution in [0, 0.1) is 0 Å². The normalized spacial score (nSPS) is 13.2. The van der Waals surface area contributed by atoms with Gasteiger partial charge in [0.25, 0.3) is 0 Å². The molecular formula is C14H12O4. The Balaban J connectivity index is 2.50. The minimum atomic E-state index is -0.792. The lowest BCUT2D eigenvalue weighted by Crippen LogP contribution is -1.85. The summed E-state index contributed by atoms with van der Waals surface area (Å²) in [5.74, 6) is 0.338. The Hall–Kier alpha value is -2.20. The largest absolute Gasteiger partial charge is 0.507 e. The number of benzene rings is 2. The lowest BCUT2D eigenvalue weighted by atomic mass is 10.1. The van der Waals surface area contributed by atoms with E-state index < -0.39 is 6.10 Å². The number of aromatic hydroxyl groups is 2. The molecule has 0 fully saturated rings. The molecule has 1 aromatic heterocycles. The van der Waals surface area contributed by atoms with E-state index in [1.165, 1.54) is 0 Å². The van der Waals surface area contributed by atoms with E-state index in [0.29, 0.717) is 21.9 Å². The molecule has 0 amide bonds. The van der Waals surface area contributed by atoms with Gasteiger partial charge in [0.1, 0.15) is 17.6 Å². The molecule has 3 aromatic rings. The second-order valence-electron chi connectivity index (χ2n) is 4.31. The van der Waals surface area contributed by atoms with Gasteiger partial charge in [0.15, 0.2) is 11.3 Å². The van der Waals surface area contributed by atoms with Crippen LogP contribution < -0.4 is 0 Å². The van der Waals surface area contributed by atoms with E-state index in [-0.39, 0.29) is 17.1 Å². The summed E-state index contributed by atoms with van der Waals surface area (Å²) in [6.07, 6.45) is -0.792. The monoisotopic (exact) mass is 244 g/mol. The smallest absolute Gasteiger partial charge is 0.180 e. The van der Waals surface area contributed by atoms with Crippen LogP contribution in [0.3, 0.4) is 0 Å². The van der Waals surface area contributed by atoms with Gasteiger partial charge in [-0.3, -0.25) is 0 Å². The highest BCUT2D eigenvalue weighted by molar-refractivity contribution is 6.08. The molecule has 0 radical (unpaired) electrons. The molecule has 0 aliphatic carbocycles. The van der Waals surface area contributed by atoms with Crippen LogP contribution in [0.4, 0.5) is 0 Å². The molecule has 2 aromatic carbocycles. The summed E-state index contributed by atoms with van der Waals surface area (Å²) in [7, 11) is 0. The van der Waals surface area contributed by atoms with Gasteiger partial charge in [-0.15, -0.1) is 0 Å². The molecule has 0 bridgehead atoms. The Labute approximate surface area is 103 Å². The standard InChI is InChI=1S/C14H12O4/c1-7(15)11-6-10-12(16)8-4-2-3-5-9(8)13(17)14(10)18-11/h2-7,15-17H,1H3. The van der Waals surface area contributed by atoms with Gasteiger partial charge in [-0.25, -0.2) is 0 Å². The van der Waals surface area contributed by atoms with Crippen LogP contribution in [-0.2, 0) is 0 Å². The predicted molar refractivity (Wildman–Crippen MR) is 67.7 cm³/mol. The highest BCUT2D eigenvalue weighted by atomic mass is 16.4. The zero-order valence-electron chi connectivity index (χ0n) is 9.71. The van der Waals surface area contributed by atoms with E-state index in [4.69, 9.17) is 4.42 Å². The molecular weight excluding hydrogens is 232 g/mol. The first-order valence-electron chi connectivity index (χ1n) is 5.63. The molecule has 1 unspecified atom stereocenters. The molecule has 0 saturated heterocycles. The van der Waals surface area contributed by atoms with E-state index in [2.05, 4.69) is 0 Å². The number of aliphatic hydroxyl groups excluding tert-OH is 1. The van der Waals surface area contributed by atoms with Crippen molar-refractivity contribution in [2.75, 3.05) is 0 Å². The number of aliphatic hydroxyl groups is 1. The van der Waals surface area contributed by atoms with Gasteiger partial charge in [-0.1, -0.05) is 24.3 Å². The molecule has 18 heavy (non-hydrogen) atoms. The van der Waals surface area contributed by atoms with E-state index in [1.54, 1.807) is 37.3 Å². The quantitative estimate of drug-likeness (QED) is 0.575. The van der Waals surface area contributed by atoms with Gasteiger partial charge in [-0.05, 0) is 13.0 Å². The summed E-state index contributed by atoms with van der Waals surface area (Å²) < 4.78 is 5.39. The van der Waals surface area contributed by atoms with Crippen LogP contribution in [0.25, 0.3) is 21.7 Å². The van der Waals surface area contributed by atoms with Crippen LogP contribution >= 0.6 is 0 Å². The van der Waals surface area contributed by atoms with Crippen molar-refractivity contribution >= 4 is 21.7 Å². The molecule has 4 heteroatoms. The number of hydrogen-bond acceptors (Lipinski definition) is 4. The van der Waals surface area contributed by atoms with Crippen molar-refractivity contribution in [1.82, 2.24) is 0 Å². The first kappa shape index (κ1) is 10.9. The van der Waals surface area contributed by atoms with Crippen molar-refractivity contribution in [1.29, 1.82) is 0 Å². The Bertz CT molecular complexity index is 682. The number of furan rings is 1. The van der Waals surface area contributed by atoms with E-state index in [9.17, 15) is 15.3 Å². The molecule has 0 spiro atoms. The molecule has 0 aliphatic heterocycles. The average molecular weight is 244 g/mol. The molecule has 4 nitrogen and oxygen atoms in total. The number of rotatable bonds is 1. The van der Waals surface area contributed by atoms with Gasteiger partial charge in [0.2, 0.25) is 0 Å². The Morgan fingerprint density at radius 1 is 1.00 bits per heavy atom. The lowest BCUT2D eigenvalue weighted by Gasteiger charge is -2.04. The number of hydrogen-bond donors (Lipinski definition) is 3. The molecule has 92 valence electrons. The summed E-state index contributed by atoms with van der Waals surface area (Å²) in [4.78, 5) is 0. The summed E-state index contributed by atoms with van der Waals surface area (Å²) in [6, 6.07) is 8.52. The zero-order valence-corrected chi connectivity index (χ0v) is 9.71. The third-order valence-electron chi connectivity index (χ3n) is 3.07. The average Bonchev–Trinajstić information content (AvgIpc) is 2.81. The lowest BCUT2D eigenvalue weighted by molar-refractivity contribution is 0.172. The van der Waals surface area contributed by atoms with E-state index in [0.717, 1.165) is 0 Å². The van der Waals surface area contributed by atoms with Crippen molar-refractivity contribution in [3.63, 3.8) is 0 Å².